The monoisotopic (exact) mass is 266 g/mol. The molecule has 6 heteroatoms. The van der Waals surface area contributed by atoms with Gasteiger partial charge in [0.25, 0.3) is 5.91 Å². The molecule has 1 heterocycles. The molecule has 0 bridgehead atoms. The number of halogens is 3. The summed E-state index contributed by atoms with van der Waals surface area (Å²) in [5.74, 6) is -0.644. The molecular formula is C13H9F3N2O. The Bertz CT molecular complexity index is 682. The van der Waals surface area contributed by atoms with Gasteiger partial charge in [0.15, 0.2) is 0 Å². The van der Waals surface area contributed by atoms with Gasteiger partial charge in [0.05, 0.1) is 11.4 Å². The summed E-state index contributed by atoms with van der Waals surface area (Å²) in [6.07, 6.45) is -4.45. The van der Waals surface area contributed by atoms with Crippen molar-refractivity contribution in [1.82, 2.24) is 10.3 Å². The van der Waals surface area contributed by atoms with E-state index in [4.69, 9.17) is 0 Å². The zero-order valence-corrected chi connectivity index (χ0v) is 9.69. The number of aromatic nitrogens is 1. The van der Waals surface area contributed by atoms with Gasteiger partial charge in [-0.15, -0.1) is 0 Å². The van der Waals surface area contributed by atoms with E-state index >= 15 is 0 Å². The summed E-state index contributed by atoms with van der Waals surface area (Å²) in [7, 11) is 0. The van der Waals surface area contributed by atoms with E-state index in [9.17, 15) is 18.0 Å². The average molecular weight is 266 g/mol. The third-order valence-corrected chi connectivity index (χ3v) is 3.91. The molecule has 0 saturated heterocycles. The molecule has 1 amide bonds. The second kappa shape index (κ2) is 2.95. The van der Waals surface area contributed by atoms with Crippen molar-refractivity contribution in [1.29, 1.82) is 0 Å². The summed E-state index contributed by atoms with van der Waals surface area (Å²) in [5, 5.41) is 2.15. The zero-order chi connectivity index (χ0) is 13.4. The van der Waals surface area contributed by atoms with Crippen molar-refractivity contribution in [2.75, 3.05) is 0 Å². The summed E-state index contributed by atoms with van der Waals surface area (Å²) < 4.78 is 38.4. The number of H-pyrrole nitrogens is 1. The first-order valence-electron chi connectivity index (χ1n) is 5.97. The van der Waals surface area contributed by atoms with E-state index in [0.29, 0.717) is 5.56 Å². The molecule has 2 N–H and O–H groups in total. The lowest BCUT2D eigenvalue weighted by Gasteiger charge is -2.20. The van der Waals surface area contributed by atoms with Crippen LogP contribution in [0.4, 0.5) is 13.2 Å². The Morgan fingerprint density at radius 1 is 1.26 bits per heavy atom. The van der Waals surface area contributed by atoms with Gasteiger partial charge >= 0.3 is 6.18 Å². The van der Waals surface area contributed by atoms with Crippen LogP contribution < -0.4 is 5.32 Å². The zero-order valence-electron chi connectivity index (χ0n) is 9.69. The highest BCUT2D eigenvalue weighted by Gasteiger charge is 2.64. The highest BCUT2D eigenvalue weighted by atomic mass is 19.4. The van der Waals surface area contributed by atoms with E-state index in [0.717, 1.165) is 22.5 Å². The van der Waals surface area contributed by atoms with Crippen LogP contribution in [0, 0.1) is 0 Å². The van der Waals surface area contributed by atoms with Gasteiger partial charge in [0.2, 0.25) is 0 Å². The number of aromatic amines is 1. The SMILES string of the molecule is O=C(NC1(C(F)(F)F)CC1)c1ccc2c3[nH]c-3cc1-2. The minimum absolute atomic E-state index is 0.0365. The molecule has 3 aliphatic carbocycles. The Morgan fingerprint density at radius 2 is 2.00 bits per heavy atom. The predicted molar refractivity (Wildman–Crippen MR) is 61.9 cm³/mol. The van der Waals surface area contributed by atoms with Gasteiger partial charge in [-0.2, -0.15) is 13.2 Å². The van der Waals surface area contributed by atoms with Crippen molar-refractivity contribution in [2.24, 2.45) is 0 Å². The van der Waals surface area contributed by atoms with Gasteiger partial charge in [-0.25, -0.2) is 0 Å². The minimum Gasteiger partial charge on any atom is -0.352 e. The summed E-state index contributed by atoms with van der Waals surface area (Å²) in [4.78, 5) is 15.0. The Balaban J connectivity index is 1.63. The van der Waals surface area contributed by atoms with E-state index < -0.39 is 17.6 Å². The fraction of sp³-hybridized carbons (Fsp3) is 0.308. The molecule has 0 aromatic rings. The number of rotatable bonds is 2. The van der Waals surface area contributed by atoms with E-state index in [1.54, 1.807) is 18.2 Å². The highest BCUT2D eigenvalue weighted by molar-refractivity contribution is 6.08. The maximum atomic E-state index is 12.8. The van der Waals surface area contributed by atoms with Crippen molar-refractivity contribution < 1.29 is 18.0 Å². The van der Waals surface area contributed by atoms with Crippen LogP contribution in [0.15, 0.2) is 18.2 Å². The van der Waals surface area contributed by atoms with E-state index in [1.807, 2.05) is 0 Å². The maximum Gasteiger partial charge on any atom is 0.411 e. The van der Waals surface area contributed by atoms with Crippen LogP contribution in [0.3, 0.4) is 0 Å². The van der Waals surface area contributed by atoms with Gasteiger partial charge in [-0.1, -0.05) is 6.07 Å². The Kier molecular flexibility index (Phi) is 1.69. The van der Waals surface area contributed by atoms with Crippen LogP contribution >= 0.6 is 0 Å². The third kappa shape index (κ3) is 1.37. The number of pyridine rings is 1. The van der Waals surface area contributed by atoms with Gasteiger partial charge in [0.1, 0.15) is 5.54 Å². The van der Waals surface area contributed by atoms with Crippen LogP contribution in [0.25, 0.3) is 22.5 Å². The molecule has 19 heavy (non-hydrogen) atoms. The van der Waals surface area contributed by atoms with Crippen LogP contribution in [-0.2, 0) is 0 Å². The van der Waals surface area contributed by atoms with E-state index in [-0.39, 0.29) is 12.8 Å². The first-order valence-corrected chi connectivity index (χ1v) is 5.97. The predicted octanol–water partition coefficient (Wildman–Crippen LogP) is 2.92. The van der Waals surface area contributed by atoms with E-state index in [1.165, 1.54) is 0 Å². The number of carbonyl (C=O) groups is 1. The lowest BCUT2D eigenvalue weighted by atomic mass is 10.1. The Hall–Kier alpha value is -1.98. The third-order valence-electron chi connectivity index (χ3n) is 3.91. The molecule has 1 aliphatic heterocycles. The number of hydrogen-bond acceptors (Lipinski definition) is 1. The molecule has 0 aromatic carbocycles. The fourth-order valence-electron chi connectivity index (χ4n) is 2.52. The highest BCUT2D eigenvalue weighted by Crippen LogP contribution is 2.50. The standard InChI is InChI=1S/C13H9F3N2O/c14-13(15,16)12(3-4-12)18-11(19)7-2-1-6-8(7)5-9-10(6)17-9/h1-2,5,17H,3-4H2,(H,18,19). The largest absolute Gasteiger partial charge is 0.411 e. The molecule has 0 atom stereocenters. The smallest absolute Gasteiger partial charge is 0.352 e. The summed E-state index contributed by atoms with van der Waals surface area (Å²) >= 11 is 0. The summed E-state index contributed by atoms with van der Waals surface area (Å²) in [5.41, 5.74) is 1.87. The molecule has 0 radical (unpaired) electrons. The first kappa shape index (κ1) is 10.9. The quantitative estimate of drug-likeness (QED) is 0.736. The molecule has 98 valence electrons. The van der Waals surface area contributed by atoms with Crippen molar-refractivity contribution in [3.63, 3.8) is 0 Å². The summed E-state index contributed by atoms with van der Waals surface area (Å²) in [6.45, 7) is 0. The molecule has 0 aromatic heterocycles. The molecule has 0 unspecified atom stereocenters. The second-order valence-electron chi connectivity index (χ2n) is 5.17. The molecule has 3 nitrogen and oxygen atoms in total. The number of nitrogens with one attached hydrogen (secondary N) is 2. The number of amides is 1. The number of alkyl halides is 3. The van der Waals surface area contributed by atoms with Gasteiger partial charge < -0.3 is 10.3 Å². The molecule has 4 aliphatic rings. The van der Waals surface area contributed by atoms with Crippen LogP contribution in [0.1, 0.15) is 23.2 Å². The minimum atomic E-state index is -4.38. The van der Waals surface area contributed by atoms with Crippen molar-refractivity contribution in [3.05, 3.63) is 23.8 Å². The average Bonchev–Trinajstić information content (AvgIpc) is 3.18. The fourth-order valence-corrected chi connectivity index (χ4v) is 2.52. The second-order valence-corrected chi connectivity index (χ2v) is 5.17. The van der Waals surface area contributed by atoms with E-state index in [2.05, 4.69) is 10.3 Å². The van der Waals surface area contributed by atoms with Gasteiger partial charge in [-0.3, -0.25) is 4.79 Å². The molecule has 4 rings (SSSR count). The molecule has 1 saturated carbocycles. The number of fused-ring (bicyclic) bond motifs is 3. The molecule has 0 spiro atoms. The van der Waals surface area contributed by atoms with Gasteiger partial charge in [-0.05, 0) is 30.5 Å². The van der Waals surface area contributed by atoms with Crippen LogP contribution in [0.2, 0.25) is 0 Å². The number of hydrogen-bond donors (Lipinski definition) is 2. The van der Waals surface area contributed by atoms with Gasteiger partial charge in [0, 0.05) is 11.1 Å². The normalized spacial score (nSPS) is 18.5. The lowest BCUT2D eigenvalue weighted by Crippen LogP contribution is -2.47. The maximum absolute atomic E-state index is 12.8. The van der Waals surface area contributed by atoms with Crippen LogP contribution in [-0.4, -0.2) is 22.6 Å². The van der Waals surface area contributed by atoms with Crippen molar-refractivity contribution in [2.45, 2.75) is 24.6 Å². The topological polar surface area (TPSA) is 44.9 Å². The Morgan fingerprint density at radius 3 is 2.63 bits per heavy atom. The summed E-state index contributed by atoms with van der Waals surface area (Å²) in [6, 6.07) is 5.13. The van der Waals surface area contributed by atoms with Crippen molar-refractivity contribution >= 4 is 5.91 Å². The number of carbonyl (C=O) groups excluding carboxylic acids is 1. The molecular weight excluding hydrogens is 257 g/mol. The van der Waals surface area contributed by atoms with Crippen molar-refractivity contribution in [3.8, 4) is 22.5 Å². The molecule has 1 fully saturated rings. The first-order chi connectivity index (χ1) is 8.91. The van der Waals surface area contributed by atoms with Crippen LogP contribution in [0.5, 0.6) is 0 Å². The Labute approximate surface area is 106 Å². The lowest BCUT2D eigenvalue weighted by molar-refractivity contribution is -0.163.